The van der Waals surface area contributed by atoms with Crippen LogP contribution in [-0.2, 0) is 0 Å². The summed E-state index contributed by atoms with van der Waals surface area (Å²) < 4.78 is 10.3. The first-order valence-corrected chi connectivity index (χ1v) is 5.51. The van der Waals surface area contributed by atoms with E-state index in [1.54, 1.807) is 19.1 Å². The lowest BCUT2D eigenvalue weighted by Gasteiger charge is -2.14. The van der Waals surface area contributed by atoms with Crippen LogP contribution in [-0.4, -0.2) is 19.3 Å². The zero-order valence-corrected chi connectivity index (χ0v) is 10.8. The van der Waals surface area contributed by atoms with E-state index in [0.717, 1.165) is 0 Å². The van der Waals surface area contributed by atoms with Crippen LogP contribution in [0.3, 0.4) is 0 Å². The van der Waals surface area contributed by atoms with Crippen LogP contribution in [0.25, 0.3) is 0 Å². The molecule has 1 rings (SSSR count). The minimum absolute atomic E-state index is 0.363. The summed E-state index contributed by atoms with van der Waals surface area (Å²) in [5.41, 5.74) is 0.662. The molecule has 0 spiro atoms. The van der Waals surface area contributed by atoms with Gasteiger partial charge in [-0.3, -0.25) is 0 Å². The molecular formula is C13H15ClO3. The summed E-state index contributed by atoms with van der Waals surface area (Å²) in [4.78, 5) is 0. The Morgan fingerprint density at radius 3 is 2.59 bits per heavy atom. The van der Waals surface area contributed by atoms with Gasteiger partial charge in [-0.1, -0.05) is 11.6 Å². The number of ether oxygens (including phenoxy) is 2. The SMILES string of the molecule is CC#CCC(O)c1cc(Cl)c(OC)c(OC)c1. The summed E-state index contributed by atoms with van der Waals surface area (Å²) in [6.07, 6.45) is -0.317. The lowest BCUT2D eigenvalue weighted by molar-refractivity contribution is 0.183. The summed E-state index contributed by atoms with van der Waals surface area (Å²) in [5, 5.41) is 10.3. The van der Waals surface area contributed by atoms with E-state index in [4.69, 9.17) is 21.1 Å². The maximum atomic E-state index is 9.90. The Morgan fingerprint density at radius 2 is 2.06 bits per heavy atom. The van der Waals surface area contributed by atoms with Crippen molar-refractivity contribution >= 4 is 11.6 Å². The molecule has 0 fully saturated rings. The van der Waals surface area contributed by atoms with Crippen molar-refractivity contribution in [2.24, 2.45) is 0 Å². The van der Waals surface area contributed by atoms with E-state index in [1.165, 1.54) is 14.2 Å². The minimum Gasteiger partial charge on any atom is -0.493 e. The van der Waals surface area contributed by atoms with Crippen molar-refractivity contribution in [1.29, 1.82) is 0 Å². The van der Waals surface area contributed by atoms with Crippen molar-refractivity contribution in [2.45, 2.75) is 19.4 Å². The van der Waals surface area contributed by atoms with E-state index >= 15 is 0 Å². The normalized spacial score (nSPS) is 11.4. The van der Waals surface area contributed by atoms with Crippen molar-refractivity contribution in [3.05, 3.63) is 22.7 Å². The monoisotopic (exact) mass is 254 g/mol. The number of hydrogen-bond donors (Lipinski definition) is 1. The number of methoxy groups -OCH3 is 2. The maximum Gasteiger partial charge on any atom is 0.179 e. The quantitative estimate of drug-likeness (QED) is 0.840. The number of aliphatic hydroxyl groups excluding tert-OH is 1. The van der Waals surface area contributed by atoms with Crippen molar-refractivity contribution in [2.75, 3.05) is 14.2 Å². The number of aliphatic hydroxyl groups is 1. The number of halogens is 1. The van der Waals surface area contributed by atoms with Crippen LogP contribution in [0, 0.1) is 11.8 Å². The van der Waals surface area contributed by atoms with Gasteiger partial charge in [0.1, 0.15) is 0 Å². The molecule has 0 saturated carbocycles. The molecule has 17 heavy (non-hydrogen) atoms. The highest BCUT2D eigenvalue weighted by Gasteiger charge is 2.14. The van der Waals surface area contributed by atoms with Gasteiger partial charge in [-0.25, -0.2) is 0 Å². The van der Waals surface area contributed by atoms with Crippen LogP contribution in [0.4, 0.5) is 0 Å². The summed E-state index contributed by atoms with van der Waals surface area (Å²) in [6.45, 7) is 1.73. The van der Waals surface area contributed by atoms with E-state index in [1.807, 2.05) is 0 Å². The van der Waals surface area contributed by atoms with E-state index in [-0.39, 0.29) is 0 Å². The maximum absolute atomic E-state index is 9.90. The van der Waals surface area contributed by atoms with Gasteiger partial charge in [0.05, 0.1) is 25.3 Å². The van der Waals surface area contributed by atoms with Crippen LogP contribution < -0.4 is 9.47 Å². The first-order valence-electron chi connectivity index (χ1n) is 5.13. The predicted octanol–water partition coefficient (Wildman–Crippen LogP) is 2.80. The van der Waals surface area contributed by atoms with Crippen LogP contribution in [0.15, 0.2) is 12.1 Å². The molecule has 0 aliphatic rings. The fraction of sp³-hybridized carbons (Fsp3) is 0.385. The Balaban J connectivity index is 3.09. The average Bonchev–Trinajstić information content (AvgIpc) is 2.34. The summed E-state index contributed by atoms with van der Waals surface area (Å²) >= 11 is 6.04. The Kier molecular flexibility index (Phi) is 5.14. The highest BCUT2D eigenvalue weighted by molar-refractivity contribution is 6.32. The van der Waals surface area contributed by atoms with Gasteiger partial charge >= 0.3 is 0 Å². The molecule has 1 N–H and O–H groups in total. The molecule has 1 aromatic carbocycles. The first-order chi connectivity index (χ1) is 8.13. The molecule has 0 heterocycles. The van der Waals surface area contributed by atoms with Crippen molar-refractivity contribution < 1.29 is 14.6 Å². The lowest BCUT2D eigenvalue weighted by atomic mass is 10.1. The summed E-state index contributed by atoms with van der Waals surface area (Å²) in [5.74, 6) is 6.52. The second kappa shape index (κ2) is 6.39. The van der Waals surface area contributed by atoms with Gasteiger partial charge in [-0.05, 0) is 24.6 Å². The second-order valence-electron chi connectivity index (χ2n) is 3.38. The van der Waals surface area contributed by atoms with Crippen LogP contribution >= 0.6 is 11.6 Å². The van der Waals surface area contributed by atoms with E-state index < -0.39 is 6.10 Å². The molecule has 1 atom stereocenters. The van der Waals surface area contributed by atoms with Crippen LogP contribution in [0.1, 0.15) is 25.0 Å². The molecule has 92 valence electrons. The van der Waals surface area contributed by atoms with E-state index in [9.17, 15) is 5.11 Å². The van der Waals surface area contributed by atoms with Crippen molar-refractivity contribution in [3.8, 4) is 23.3 Å². The molecule has 0 saturated heterocycles. The smallest absolute Gasteiger partial charge is 0.179 e. The summed E-state index contributed by atoms with van der Waals surface area (Å²) in [7, 11) is 3.04. The van der Waals surface area contributed by atoms with Crippen molar-refractivity contribution in [1.82, 2.24) is 0 Å². The molecule has 1 unspecified atom stereocenters. The minimum atomic E-state index is -0.681. The fourth-order valence-corrected chi connectivity index (χ4v) is 1.74. The van der Waals surface area contributed by atoms with Crippen LogP contribution in [0.5, 0.6) is 11.5 Å². The Labute approximate surface area is 106 Å². The third kappa shape index (κ3) is 3.29. The Hall–Kier alpha value is -1.37. The molecule has 0 aliphatic carbocycles. The van der Waals surface area contributed by atoms with Gasteiger partial charge in [0.25, 0.3) is 0 Å². The van der Waals surface area contributed by atoms with Gasteiger partial charge in [-0.15, -0.1) is 11.8 Å². The topological polar surface area (TPSA) is 38.7 Å². The fourth-order valence-electron chi connectivity index (χ4n) is 1.45. The number of benzene rings is 1. The first kappa shape index (κ1) is 13.7. The molecule has 0 radical (unpaired) electrons. The Bertz CT molecular complexity index is 446. The zero-order valence-electron chi connectivity index (χ0n) is 10.1. The predicted molar refractivity (Wildman–Crippen MR) is 67.6 cm³/mol. The third-order valence-electron chi connectivity index (χ3n) is 2.31. The average molecular weight is 255 g/mol. The molecule has 0 amide bonds. The van der Waals surface area contributed by atoms with E-state index in [2.05, 4.69) is 11.8 Å². The molecule has 1 aromatic rings. The number of rotatable bonds is 4. The van der Waals surface area contributed by atoms with Gasteiger partial charge < -0.3 is 14.6 Å². The standard InChI is InChI=1S/C13H15ClO3/c1-4-5-6-11(15)9-7-10(14)13(17-3)12(8-9)16-2/h7-8,11,15H,6H2,1-3H3. The molecule has 0 bridgehead atoms. The van der Waals surface area contributed by atoms with Gasteiger partial charge in [0.2, 0.25) is 0 Å². The van der Waals surface area contributed by atoms with Gasteiger partial charge in [-0.2, -0.15) is 0 Å². The summed E-state index contributed by atoms with van der Waals surface area (Å²) in [6, 6.07) is 3.36. The number of hydrogen-bond acceptors (Lipinski definition) is 3. The third-order valence-corrected chi connectivity index (χ3v) is 2.59. The second-order valence-corrected chi connectivity index (χ2v) is 3.79. The van der Waals surface area contributed by atoms with E-state index in [0.29, 0.717) is 28.5 Å². The molecule has 0 aromatic heterocycles. The zero-order chi connectivity index (χ0) is 12.8. The largest absolute Gasteiger partial charge is 0.493 e. The van der Waals surface area contributed by atoms with Gasteiger partial charge in [0.15, 0.2) is 11.5 Å². The lowest BCUT2D eigenvalue weighted by Crippen LogP contribution is -1.99. The molecule has 0 aliphatic heterocycles. The molecule has 4 heteroatoms. The molecular weight excluding hydrogens is 240 g/mol. The highest BCUT2D eigenvalue weighted by atomic mass is 35.5. The van der Waals surface area contributed by atoms with Gasteiger partial charge in [0, 0.05) is 6.42 Å². The highest BCUT2D eigenvalue weighted by Crippen LogP contribution is 2.37. The Morgan fingerprint density at radius 1 is 1.35 bits per heavy atom. The van der Waals surface area contributed by atoms with Crippen molar-refractivity contribution in [3.63, 3.8) is 0 Å². The van der Waals surface area contributed by atoms with Crippen LogP contribution in [0.2, 0.25) is 5.02 Å². The molecule has 3 nitrogen and oxygen atoms in total.